The van der Waals surface area contributed by atoms with E-state index in [1.807, 2.05) is 24.3 Å². The fraction of sp³-hybridized carbons (Fsp3) is 0.308. The number of halogens is 1. The second-order valence-electron chi connectivity index (χ2n) is 4.02. The summed E-state index contributed by atoms with van der Waals surface area (Å²) in [5.74, 6) is 0.543. The molecule has 0 radical (unpaired) electrons. The molecule has 1 aliphatic carbocycles. The molecule has 0 saturated carbocycles. The number of hydrogen-bond donors (Lipinski definition) is 1. The molecule has 1 aromatic rings. The average Bonchev–Trinajstić information content (AvgIpc) is 2.74. The molecule has 0 heterocycles. The van der Waals surface area contributed by atoms with Gasteiger partial charge in [-0.25, -0.2) is 0 Å². The summed E-state index contributed by atoms with van der Waals surface area (Å²) in [5, 5.41) is 2.92. The normalized spacial score (nSPS) is 18.7. The number of nitrogens with one attached hydrogen (secondary N) is 1. The molecule has 1 N–H and O–H groups in total. The minimum Gasteiger partial charge on any atom is -0.326 e. The van der Waals surface area contributed by atoms with Gasteiger partial charge in [-0.1, -0.05) is 12.2 Å². The predicted octanol–water partition coefficient (Wildman–Crippen LogP) is 3.59. The Hall–Kier alpha value is -0.840. The molecular formula is C13H14INO. The van der Waals surface area contributed by atoms with Gasteiger partial charge in [0.25, 0.3) is 0 Å². The molecule has 16 heavy (non-hydrogen) atoms. The van der Waals surface area contributed by atoms with Crippen LogP contribution in [-0.2, 0) is 4.79 Å². The molecule has 0 bridgehead atoms. The zero-order chi connectivity index (χ0) is 11.4. The van der Waals surface area contributed by atoms with Gasteiger partial charge in [0.1, 0.15) is 0 Å². The van der Waals surface area contributed by atoms with Crippen LogP contribution in [0.5, 0.6) is 0 Å². The maximum atomic E-state index is 11.7. The zero-order valence-electron chi connectivity index (χ0n) is 8.95. The summed E-state index contributed by atoms with van der Waals surface area (Å²) in [6.07, 6.45) is 7.13. The number of carbonyl (C=O) groups is 1. The van der Waals surface area contributed by atoms with Gasteiger partial charge in [0.15, 0.2) is 0 Å². The number of anilines is 1. The van der Waals surface area contributed by atoms with Crippen molar-refractivity contribution in [1.29, 1.82) is 0 Å². The minimum atomic E-state index is 0.109. The Bertz CT molecular complexity index is 397. The van der Waals surface area contributed by atoms with Gasteiger partial charge in [0.05, 0.1) is 0 Å². The molecule has 0 spiro atoms. The number of rotatable bonds is 3. The molecule has 3 heteroatoms. The molecule has 1 atom stereocenters. The predicted molar refractivity (Wildman–Crippen MR) is 74.3 cm³/mol. The molecule has 1 amide bonds. The molecule has 2 rings (SSSR count). The molecule has 0 aromatic heterocycles. The first-order valence-electron chi connectivity index (χ1n) is 5.46. The van der Waals surface area contributed by atoms with Crippen molar-refractivity contribution in [3.05, 3.63) is 40.0 Å². The molecule has 0 saturated heterocycles. The third-order valence-electron chi connectivity index (χ3n) is 2.69. The van der Waals surface area contributed by atoms with E-state index in [-0.39, 0.29) is 5.91 Å². The van der Waals surface area contributed by atoms with Crippen molar-refractivity contribution in [1.82, 2.24) is 0 Å². The number of hydrogen-bond acceptors (Lipinski definition) is 1. The third kappa shape index (κ3) is 3.33. The summed E-state index contributed by atoms with van der Waals surface area (Å²) in [5.41, 5.74) is 0.882. The SMILES string of the molecule is O=C(C[C@@H]1C=CCC1)Nc1ccc(I)cc1. The fourth-order valence-electron chi connectivity index (χ4n) is 1.85. The Labute approximate surface area is 109 Å². The Kier molecular flexibility index (Phi) is 3.98. The number of carbonyl (C=O) groups excluding carboxylic acids is 1. The molecule has 0 unspecified atom stereocenters. The van der Waals surface area contributed by atoms with Crippen LogP contribution in [0.15, 0.2) is 36.4 Å². The molecule has 0 fully saturated rings. The molecule has 84 valence electrons. The quantitative estimate of drug-likeness (QED) is 0.667. The second kappa shape index (κ2) is 5.48. The van der Waals surface area contributed by atoms with Gasteiger partial charge in [-0.3, -0.25) is 4.79 Å². The lowest BCUT2D eigenvalue weighted by Crippen LogP contribution is -2.14. The monoisotopic (exact) mass is 327 g/mol. The van der Waals surface area contributed by atoms with Crippen LogP contribution < -0.4 is 5.32 Å². The first-order chi connectivity index (χ1) is 7.74. The van der Waals surface area contributed by atoms with Crippen molar-refractivity contribution < 1.29 is 4.79 Å². The van der Waals surface area contributed by atoms with Crippen LogP contribution >= 0.6 is 22.6 Å². The number of amides is 1. The summed E-state index contributed by atoms with van der Waals surface area (Å²) in [6.45, 7) is 0. The number of allylic oxidation sites excluding steroid dienone is 2. The van der Waals surface area contributed by atoms with Crippen LogP contribution in [0, 0.1) is 9.49 Å². The van der Waals surface area contributed by atoms with Crippen LogP contribution in [0.25, 0.3) is 0 Å². The van der Waals surface area contributed by atoms with E-state index in [0.29, 0.717) is 12.3 Å². The lowest BCUT2D eigenvalue weighted by Gasteiger charge is -2.08. The van der Waals surface area contributed by atoms with Crippen molar-refractivity contribution >= 4 is 34.2 Å². The van der Waals surface area contributed by atoms with E-state index >= 15 is 0 Å². The Morgan fingerprint density at radius 3 is 2.75 bits per heavy atom. The van der Waals surface area contributed by atoms with Crippen LogP contribution in [-0.4, -0.2) is 5.91 Å². The molecule has 2 nitrogen and oxygen atoms in total. The van der Waals surface area contributed by atoms with E-state index in [0.717, 1.165) is 18.5 Å². The summed E-state index contributed by atoms with van der Waals surface area (Å²) in [7, 11) is 0. The van der Waals surface area contributed by atoms with Gasteiger partial charge in [-0.05, 0) is 65.6 Å². The second-order valence-corrected chi connectivity index (χ2v) is 5.27. The lowest BCUT2D eigenvalue weighted by molar-refractivity contribution is -0.116. The molecule has 1 aliphatic rings. The standard InChI is InChI=1S/C13H14INO/c14-11-5-7-12(8-6-11)15-13(16)9-10-3-1-2-4-10/h1,3,5-8,10H,2,4,9H2,(H,15,16)/t10-/m1/s1. The van der Waals surface area contributed by atoms with E-state index < -0.39 is 0 Å². The first kappa shape index (κ1) is 11.6. The largest absolute Gasteiger partial charge is 0.326 e. The highest BCUT2D eigenvalue weighted by Gasteiger charge is 2.13. The first-order valence-corrected chi connectivity index (χ1v) is 6.54. The highest BCUT2D eigenvalue weighted by molar-refractivity contribution is 14.1. The zero-order valence-corrected chi connectivity index (χ0v) is 11.1. The van der Waals surface area contributed by atoms with Gasteiger partial charge >= 0.3 is 0 Å². The molecule has 1 aromatic carbocycles. The van der Waals surface area contributed by atoms with Crippen molar-refractivity contribution in [2.75, 3.05) is 5.32 Å². The van der Waals surface area contributed by atoms with Gasteiger partial charge < -0.3 is 5.32 Å². The minimum absolute atomic E-state index is 0.109. The van der Waals surface area contributed by atoms with Gasteiger partial charge in [-0.2, -0.15) is 0 Å². The highest BCUT2D eigenvalue weighted by Crippen LogP contribution is 2.21. The van der Waals surface area contributed by atoms with Crippen LogP contribution in [0.2, 0.25) is 0 Å². The highest BCUT2D eigenvalue weighted by atomic mass is 127. The Morgan fingerprint density at radius 2 is 2.12 bits per heavy atom. The Morgan fingerprint density at radius 1 is 1.38 bits per heavy atom. The molecule has 0 aliphatic heterocycles. The van der Waals surface area contributed by atoms with E-state index in [1.54, 1.807) is 0 Å². The van der Waals surface area contributed by atoms with Crippen LogP contribution in [0.4, 0.5) is 5.69 Å². The van der Waals surface area contributed by atoms with Crippen molar-refractivity contribution in [3.63, 3.8) is 0 Å². The van der Waals surface area contributed by atoms with E-state index in [1.165, 1.54) is 3.57 Å². The van der Waals surface area contributed by atoms with E-state index in [9.17, 15) is 4.79 Å². The third-order valence-corrected chi connectivity index (χ3v) is 3.41. The summed E-state index contributed by atoms with van der Waals surface area (Å²) in [6, 6.07) is 7.85. The van der Waals surface area contributed by atoms with Gasteiger partial charge in [0.2, 0.25) is 5.91 Å². The lowest BCUT2D eigenvalue weighted by atomic mass is 10.1. The van der Waals surface area contributed by atoms with E-state index in [4.69, 9.17) is 0 Å². The van der Waals surface area contributed by atoms with Crippen molar-refractivity contribution in [2.24, 2.45) is 5.92 Å². The number of benzene rings is 1. The van der Waals surface area contributed by atoms with E-state index in [2.05, 4.69) is 40.1 Å². The smallest absolute Gasteiger partial charge is 0.224 e. The maximum Gasteiger partial charge on any atom is 0.224 e. The molecular weight excluding hydrogens is 313 g/mol. The van der Waals surface area contributed by atoms with Crippen LogP contribution in [0.1, 0.15) is 19.3 Å². The topological polar surface area (TPSA) is 29.1 Å². The van der Waals surface area contributed by atoms with Crippen LogP contribution in [0.3, 0.4) is 0 Å². The van der Waals surface area contributed by atoms with Crippen molar-refractivity contribution in [3.8, 4) is 0 Å². The van der Waals surface area contributed by atoms with Gasteiger partial charge in [-0.15, -0.1) is 0 Å². The summed E-state index contributed by atoms with van der Waals surface area (Å²) < 4.78 is 1.18. The van der Waals surface area contributed by atoms with Gasteiger partial charge in [0, 0.05) is 15.7 Å². The van der Waals surface area contributed by atoms with Crippen molar-refractivity contribution in [2.45, 2.75) is 19.3 Å². The summed E-state index contributed by atoms with van der Waals surface area (Å²) >= 11 is 2.25. The maximum absolute atomic E-state index is 11.7. The average molecular weight is 327 g/mol. The fourth-order valence-corrected chi connectivity index (χ4v) is 2.21. The summed E-state index contributed by atoms with van der Waals surface area (Å²) in [4.78, 5) is 11.7. The Balaban J connectivity index is 1.86.